The van der Waals surface area contributed by atoms with Gasteiger partial charge in [-0.25, -0.2) is 0 Å². The highest BCUT2D eigenvalue weighted by Gasteiger charge is 2.36. The van der Waals surface area contributed by atoms with E-state index in [2.05, 4.69) is 5.10 Å². The summed E-state index contributed by atoms with van der Waals surface area (Å²) in [4.78, 5) is 0. The molecule has 0 radical (unpaired) electrons. The summed E-state index contributed by atoms with van der Waals surface area (Å²) in [5.41, 5.74) is 4.80. The van der Waals surface area contributed by atoms with E-state index in [1.54, 1.807) is 0 Å². The Morgan fingerprint density at radius 3 is 2.60 bits per heavy atom. The smallest absolute Gasteiger partial charge is 0.330 e. The molecule has 1 fully saturated rings. The van der Waals surface area contributed by atoms with E-state index in [-0.39, 0.29) is 12.0 Å². The molecule has 2 unspecified atom stereocenters. The van der Waals surface area contributed by atoms with Crippen molar-refractivity contribution in [3.63, 3.8) is 0 Å². The van der Waals surface area contributed by atoms with Crippen molar-refractivity contribution >= 4 is 0 Å². The number of hydrogen-bond acceptors (Lipinski definition) is 2. The molecule has 1 aliphatic carbocycles. The Balaban J connectivity index is 2.14. The summed E-state index contributed by atoms with van der Waals surface area (Å²) < 4.78 is 38.3. The number of nitrogens with zero attached hydrogens (tertiary/aromatic N) is 2. The van der Waals surface area contributed by atoms with E-state index < -0.39 is 11.7 Å². The Hall–Kier alpha value is -1.04. The van der Waals surface area contributed by atoms with Gasteiger partial charge in [0.15, 0.2) is 0 Å². The Kier molecular flexibility index (Phi) is 2.46. The molecule has 1 saturated carbocycles. The molecule has 1 heterocycles. The standard InChI is InChI=1S/C9H12F3N3/c10-9(11,12)7-4-14-15(5-7)8-2-1-6(8)3-13/h4-6,8H,1-3,13H2. The van der Waals surface area contributed by atoms with Crippen molar-refractivity contribution in [2.45, 2.75) is 25.1 Å². The molecule has 2 rings (SSSR count). The topological polar surface area (TPSA) is 43.8 Å². The molecule has 1 aromatic rings. The van der Waals surface area contributed by atoms with E-state index in [0.29, 0.717) is 6.54 Å². The van der Waals surface area contributed by atoms with Gasteiger partial charge >= 0.3 is 6.18 Å². The highest BCUT2D eigenvalue weighted by Crippen LogP contribution is 2.38. The fraction of sp³-hybridized carbons (Fsp3) is 0.667. The molecule has 0 aromatic carbocycles. The van der Waals surface area contributed by atoms with E-state index in [0.717, 1.165) is 25.2 Å². The maximum Gasteiger partial charge on any atom is 0.419 e. The zero-order valence-corrected chi connectivity index (χ0v) is 8.04. The minimum absolute atomic E-state index is 0.0473. The molecular formula is C9H12F3N3. The molecule has 84 valence electrons. The van der Waals surface area contributed by atoms with Gasteiger partial charge in [0.25, 0.3) is 0 Å². The van der Waals surface area contributed by atoms with E-state index in [1.165, 1.54) is 4.68 Å². The van der Waals surface area contributed by atoms with Gasteiger partial charge in [0.05, 0.1) is 17.8 Å². The molecule has 2 N–H and O–H groups in total. The summed E-state index contributed by atoms with van der Waals surface area (Å²) >= 11 is 0. The summed E-state index contributed by atoms with van der Waals surface area (Å²) in [5.74, 6) is 0.269. The lowest BCUT2D eigenvalue weighted by Crippen LogP contribution is -2.34. The Morgan fingerprint density at radius 2 is 2.20 bits per heavy atom. The predicted molar refractivity (Wildman–Crippen MR) is 48.0 cm³/mol. The average molecular weight is 219 g/mol. The molecule has 0 bridgehead atoms. The third-order valence-corrected chi connectivity index (χ3v) is 2.95. The molecule has 2 atom stereocenters. The zero-order valence-electron chi connectivity index (χ0n) is 8.04. The first-order valence-corrected chi connectivity index (χ1v) is 4.84. The van der Waals surface area contributed by atoms with Crippen LogP contribution in [0.5, 0.6) is 0 Å². The summed E-state index contributed by atoms with van der Waals surface area (Å²) in [6, 6.07) is 0.0473. The lowest BCUT2D eigenvalue weighted by atomic mass is 9.80. The van der Waals surface area contributed by atoms with E-state index in [9.17, 15) is 13.2 Å². The van der Waals surface area contributed by atoms with Gasteiger partial charge in [-0.05, 0) is 25.3 Å². The van der Waals surface area contributed by atoms with Gasteiger partial charge in [0.1, 0.15) is 0 Å². The predicted octanol–water partition coefficient (Wildman–Crippen LogP) is 1.81. The molecule has 6 heteroatoms. The van der Waals surface area contributed by atoms with Crippen LogP contribution in [0.25, 0.3) is 0 Å². The first-order chi connectivity index (χ1) is 7.02. The first kappa shape index (κ1) is 10.5. The van der Waals surface area contributed by atoms with Crippen LogP contribution in [-0.2, 0) is 6.18 Å². The first-order valence-electron chi connectivity index (χ1n) is 4.84. The SMILES string of the molecule is NCC1CCC1n1cc(C(F)(F)F)cn1. The summed E-state index contributed by atoms with van der Waals surface area (Å²) in [5, 5.41) is 3.74. The molecule has 1 aliphatic rings. The molecule has 15 heavy (non-hydrogen) atoms. The van der Waals surface area contributed by atoms with Crippen LogP contribution in [0.15, 0.2) is 12.4 Å². The lowest BCUT2D eigenvalue weighted by Gasteiger charge is -2.35. The van der Waals surface area contributed by atoms with Gasteiger partial charge in [-0.15, -0.1) is 0 Å². The normalized spacial score (nSPS) is 26.4. The van der Waals surface area contributed by atoms with Crippen LogP contribution in [0.4, 0.5) is 13.2 Å². The van der Waals surface area contributed by atoms with Crippen molar-refractivity contribution in [2.75, 3.05) is 6.54 Å². The molecule has 3 nitrogen and oxygen atoms in total. The molecule has 0 saturated heterocycles. The van der Waals surface area contributed by atoms with Crippen molar-refractivity contribution in [2.24, 2.45) is 11.7 Å². The highest BCUT2D eigenvalue weighted by molar-refractivity contribution is 5.09. The summed E-state index contributed by atoms with van der Waals surface area (Å²) in [7, 11) is 0. The van der Waals surface area contributed by atoms with Gasteiger partial charge in [-0.2, -0.15) is 18.3 Å². The van der Waals surface area contributed by atoms with Crippen LogP contribution in [-0.4, -0.2) is 16.3 Å². The van der Waals surface area contributed by atoms with Gasteiger partial charge in [-0.3, -0.25) is 4.68 Å². The monoisotopic (exact) mass is 219 g/mol. The largest absolute Gasteiger partial charge is 0.419 e. The Bertz CT molecular complexity index is 343. The summed E-state index contributed by atoms with van der Waals surface area (Å²) in [6.45, 7) is 0.506. The number of alkyl halides is 3. The van der Waals surface area contributed by atoms with Gasteiger partial charge in [0, 0.05) is 6.20 Å². The van der Waals surface area contributed by atoms with Gasteiger partial charge in [0.2, 0.25) is 0 Å². The van der Waals surface area contributed by atoms with Crippen LogP contribution in [0.3, 0.4) is 0 Å². The Labute approximate surface area is 85.1 Å². The number of rotatable bonds is 2. The molecule has 1 aromatic heterocycles. The van der Waals surface area contributed by atoms with Crippen LogP contribution >= 0.6 is 0 Å². The lowest BCUT2D eigenvalue weighted by molar-refractivity contribution is -0.137. The average Bonchev–Trinajstić information content (AvgIpc) is 2.51. The Morgan fingerprint density at radius 1 is 1.47 bits per heavy atom. The third kappa shape index (κ3) is 1.86. The summed E-state index contributed by atoms with van der Waals surface area (Å²) in [6.07, 6.45) is -0.540. The van der Waals surface area contributed by atoms with Crippen molar-refractivity contribution in [3.8, 4) is 0 Å². The fourth-order valence-corrected chi connectivity index (χ4v) is 1.84. The maximum atomic E-state index is 12.3. The molecular weight excluding hydrogens is 207 g/mol. The van der Waals surface area contributed by atoms with E-state index in [1.807, 2.05) is 0 Å². The van der Waals surface area contributed by atoms with Crippen LogP contribution in [0.2, 0.25) is 0 Å². The number of hydrogen-bond donors (Lipinski definition) is 1. The number of aromatic nitrogens is 2. The molecule has 0 spiro atoms. The van der Waals surface area contributed by atoms with Crippen LogP contribution < -0.4 is 5.73 Å². The van der Waals surface area contributed by atoms with E-state index >= 15 is 0 Å². The quantitative estimate of drug-likeness (QED) is 0.824. The van der Waals surface area contributed by atoms with Gasteiger partial charge < -0.3 is 5.73 Å². The van der Waals surface area contributed by atoms with E-state index in [4.69, 9.17) is 5.73 Å². The van der Waals surface area contributed by atoms with Crippen molar-refractivity contribution in [3.05, 3.63) is 18.0 Å². The van der Waals surface area contributed by atoms with Gasteiger partial charge in [-0.1, -0.05) is 0 Å². The van der Waals surface area contributed by atoms with Crippen molar-refractivity contribution < 1.29 is 13.2 Å². The van der Waals surface area contributed by atoms with Crippen LogP contribution in [0, 0.1) is 5.92 Å². The van der Waals surface area contributed by atoms with Crippen LogP contribution in [0.1, 0.15) is 24.4 Å². The third-order valence-electron chi connectivity index (χ3n) is 2.95. The second kappa shape index (κ2) is 3.52. The van der Waals surface area contributed by atoms with Crippen molar-refractivity contribution in [1.29, 1.82) is 0 Å². The maximum absolute atomic E-state index is 12.3. The number of nitrogens with two attached hydrogens (primary N) is 1. The second-order valence-corrected chi connectivity index (χ2v) is 3.85. The number of halogens is 3. The molecule has 0 aliphatic heterocycles. The molecule has 0 amide bonds. The second-order valence-electron chi connectivity index (χ2n) is 3.85. The zero-order chi connectivity index (χ0) is 11.1. The minimum Gasteiger partial charge on any atom is -0.330 e. The highest BCUT2D eigenvalue weighted by atomic mass is 19.4. The minimum atomic E-state index is -4.31. The van der Waals surface area contributed by atoms with Crippen molar-refractivity contribution in [1.82, 2.24) is 9.78 Å². The fourth-order valence-electron chi connectivity index (χ4n) is 1.84.